The Morgan fingerprint density at radius 3 is 2.89 bits per heavy atom. The highest BCUT2D eigenvalue weighted by Gasteiger charge is 2.08. The fourth-order valence-corrected chi connectivity index (χ4v) is 1.56. The van der Waals surface area contributed by atoms with Gasteiger partial charge in [0, 0.05) is 39.0 Å². The lowest BCUT2D eigenvalue weighted by Crippen LogP contribution is -2.38. The summed E-state index contributed by atoms with van der Waals surface area (Å²) >= 11 is 0. The van der Waals surface area contributed by atoms with Crippen LogP contribution >= 0.6 is 0 Å². The third-order valence-corrected chi connectivity index (χ3v) is 2.64. The lowest BCUT2D eigenvalue weighted by molar-refractivity contribution is -0.137. The monoisotopic (exact) mass is 265 g/mol. The number of hydrogen-bond donors (Lipinski definition) is 2. The van der Waals surface area contributed by atoms with Gasteiger partial charge >= 0.3 is 12.0 Å². The van der Waals surface area contributed by atoms with E-state index in [2.05, 4.69) is 10.3 Å². The van der Waals surface area contributed by atoms with Crippen molar-refractivity contribution in [1.82, 2.24) is 15.2 Å². The highest BCUT2D eigenvalue weighted by atomic mass is 16.4. The smallest absolute Gasteiger partial charge is 0.317 e. The first-order valence-corrected chi connectivity index (χ1v) is 6.19. The maximum absolute atomic E-state index is 11.7. The highest BCUT2D eigenvalue weighted by molar-refractivity contribution is 5.73. The Morgan fingerprint density at radius 1 is 1.47 bits per heavy atom. The molecule has 0 unspecified atom stereocenters. The molecule has 0 spiro atoms. The van der Waals surface area contributed by atoms with Crippen LogP contribution in [-0.2, 0) is 11.2 Å². The zero-order chi connectivity index (χ0) is 14.1. The van der Waals surface area contributed by atoms with Crippen molar-refractivity contribution in [1.29, 1.82) is 0 Å². The number of carbonyl (C=O) groups excluding carboxylic acids is 1. The van der Waals surface area contributed by atoms with Crippen molar-refractivity contribution < 1.29 is 14.7 Å². The van der Waals surface area contributed by atoms with Crippen LogP contribution in [0.3, 0.4) is 0 Å². The minimum absolute atomic E-state index is 0.0767. The van der Waals surface area contributed by atoms with Gasteiger partial charge in [-0.05, 0) is 24.5 Å². The van der Waals surface area contributed by atoms with E-state index in [0.717, 1.165) is 12.0 Å². The van der Waals surface area contributed by atoms with E-state index in [4.69, 9.17) is 5.11 Å². The Kier molecular flexibility index (Phi) is 6.35. The maximum Gasteiger partial charge on any atom is 0.317 e. The summed E-state index contributed by atoms with van der Waals surface area (Å²) in [5.74, 6) is -0.842. The van der Waals surface area contributed by atoms with Gasteiger partial charge in [0.05, 0.1) is 0 Å². The molecule has 1 heterocycles. The van der Waals surface area contributed by atoms with Crippen molar-refractivity contribution in [2.45, 2.75) is 19.3 Å². The van der Waals surface area contributed by atoms with Gasteiger partial charge in [0.1, 0.15) is 0 Å². The molecule has 1 aromatic rings. The van der Waals surface area contributed by atoms with Gasteiger partial charge in [0.2, 0.25) is 0 Å². The van der Waals surface area contributed by atoms with Crippen LogP contribution in [-0.4, -0.2) is 47.1 Å². The van der Waals surface area contributed by atoms with Crippen LogP contribution in [0.2, 0.25) is 0 Å². The second-order valence-electron chi connectivity index (χ2n) is 4.26. The third kappa shape index (κ3) is 6.40. The molecule has 0 fully saturated rings. The summed E-state index contributed by atoms with van der Waals surface area (Å²) in [6.45, 7) is 0.971. The number of aliphatic carboxylic acids is 1. The molecule has 6 nitrogen and oxygen atoms in total. The van der Waals surface area contributed by atoms with Crippen molar-refractivity contribution in [3.8, 4) is 0 Å². The molecule has 0 aliphatic rings. The number of amides is 2. The summed E-state index contributed by atoms with van der Waals surface area (Å²) in [6, 6.07) is 3.62. The van der Waals surface area contributed by atoms with Gasteiger partial charge < -0.3 is 15.3 Å². The first-order valence-electron chi connectivity index (χ1n) is 6.19. The number of pyridine rings is 1. The molecule has 1 rings (SSSR count). The number of rotatable bonds is 7. The van der Waals surface area contributed by atoms with Crippen LogP contribution < -0.4 is 5.32 Å². The Labute approximate surface area is 112 Å². The molecule has 0 aliphatic heterocycles. The van der Waals surface area contributed by atoms with Crippen molar-refractivity contribution in [3.05, 3.63) is 30.1 Å². The van der Waals surface area contributed by atoms with E-state index in [-0.39, 0.29) is 12.5 Å². The van der Waals surface area contributed by atoms with E-state index in [1.165, 1.54) is 4.90 Å². The van der Waals surface area contributed by atoms with Crippen molar-refractivity contribution in [3.63, 3.8) is 0 Å². The van der Waals surface area contributed by atoms with E-state index < -0.39 is 5.97 Å². The SMILES string of the molecule is CN(CCCC(=O)O)C(=O)NCCc1cccnc1. The topological polar surface area (TPSA) is 82.5 Å². The predicted molar refractivity (Wildman–Crippen MR) is 70.8 cm³/mol. The summed E-state index contributed by atoms with van der Waals surface area (Å²) in [7, 11) is 1.65. The predicted octanol–water partition coefficient (Wildman–Crippen LogP) is 1.13. The maximum atomic E-state index is 11.7. The van der Waals surface area contributed by atoms with Gasteiger partial charge in [-0.3, -0.25) is 9.78 Å². The minimum atomic E-state index is -0.842. The van der Waals surface area contributed by atoms with Crippen LogP contribution in [0.25, 0.3) is 0 Å². The van der Waals surface area contributed by atoms with Crippen LogP contribution in [0.15, 0.2) is 24.5 Å². The first kappa shape index (κ1) is 14.9. The average Bonchev–Trinajstić information content (AvgIpc) is 2.39. The number of nitrogens with one attached hydrogen (secondary N) is 1. The molecular weight excluding hydrogens is 246 g/mol. The van der Waals surface area contributed by atoms with Crippen LogP contribution in [0.5, 0.6) is 0 Å². The first-order chi connectivity index (χ1) is 9.09. The number of carboxylic acid groups (broad SMARTS) is 1. The second-order valence-corrected chi connectivity index (χ2v) is 4.26. The van der Waals surface area contributed by atoms with E-state index >= 15 is 0 Å². The van der Waals surface area contributed by atoms with Crippen molar-refractivity contribution >= 4 is 12.0 Å². The van der Waals surface area contributed by atoms with E-state index in [1.807, 2.05) is 12.1 Å². The Hall–Kier alpha value is -2.11. The Bertz CT molecular complexity index is 409. The highest BCUT2D eigenvalue weighted by Crippen LogP contribution is 1.97. The number of hydrogen-bond acceptors (Lipinski definition) is 3. The Morgan fingerprint density at radius 2 is 2.26 bits per heavy atom. The van der Waals surface area contributed by atoms with Gasteiger partial charge in [0.15, 0.2) is 0 Å². The Balaban J connectivity index is 2.18. The molecule has 0 radical (unpaired) electrons. The number of urea groups is 1. The molecular formula is C13H19N3O3. The van der Waals surface area contributed by atoms with Crippen LogP contribution in [0, 0.1) is 0 Å². The van der Waals surface area contributed by atoms with E-state index in [1.54, 1.807) is 19.4 Å². The second kappa shape index (κ2) is 8.07. The van der Waals surface area contributed by atoms with Gasteiger partial charge in [-0.15, -0.1) is 0 Å². The van der Waals surface area contributed by atoms with Gasteiger partial charge in [-0.2, -0.15) is 0 Å². The van der Waals surface area contributed by atoms with E-state index in [9.17, 15) is 9.59 Å². The number of nitrogens with zero attached hydrogens (tertiary/aromatic N) is 2. The molecule has 2 N–H and O–H groups in total. The number of carbonyl (C=O) groups is 2. The number of aromatic nitrogens is 1. The molecule has 0 saturated carbocycles. The summed E-state index contributed by atoms with van der Waals surface area (Å²) in [4.78, 5) is 27.5. The van der Waals surface area contributed by atoms with Crippen LogP contribution in [0.1, 0.15) is 18.4 Å². The molecule has 0 bridgehead atoms. The fraction of sp³-hybridized carbons (Fsp3) is 0.462. The minimum Gasteiger partial charge on any atom is -0.481 e. The standard InChI is InChI=1S/C13H19N3O3/c1-16(9-3-5-12(17)18)13(19)15-8-6-11-4-2-7-14-10-11/h2,4,7,10H,3,5-6,8-9H2,1H3,(H,15,19)(H,17,18). The molecule has 0 aliphatic carbocycles. The van der Waals surface area contributed by atoms with Gasteiger partial charge in [0.25, 0.3) is 0 Å². The average molecular weight is 265 g/mol. The van der Waals surface area contributed by atoms with E-state index in [0.29, 0.717) is 19.5 Å². The zero-order valence-corrected chi connectivity index (χ0v) is 11.0. The molecule has 19 heavy (non-hydrogen) atoms. The summed E-state index contributed by atoms with van der Waals surface area (Å²) in [5.41, 5.74) is 1.07. The van der Waals surface area contributed by atoms with Gasteiger partial charge in [-0.25, -0.2) is 4.79 Å². The number of carboxylic acids is 1. The molecule has 1 aromatic heterocycles. The lowest BCUT2D eigenvalue weighted by atomic mass is 10.2. The fourth-order valence-electron chi connectivity index (χ4n) is 1.56. The molecule has 0 atom stereocenters. The molecule has 104 valence electrons. The molecule has 0 saturated heterocycles. The molecule has 0 aromatic carbocycles. The van der Waals surface area contributed by atoms with Crippen molar-refractivity contribution in [2.24, 2.45) is 0 Å². The molecule has 2 amide bonds. The molecule has 6 heteroatoms. The third-order valence-electron chi connectivity index (χ3n) is 2.64. The summed E-state index contributed by atoms with van der Waals surface area (Å²) in [5, 5.41) is 11.3. The largest absolute Gasteiger partial charge is 0.481 e. The lowest BCUT2D eigenvalue weighted by Gasteiger charge is -2.17. The summed E-state index contributed by atoms with van der Waals surface area (Å²) < 4.78 is 0. The van der Waals surface area contributed by atoms with Crippen molar-refractivity contribution in [2.75, 3.05) is 20.1 Å². The van der Waals surface area contributed by atoms with Crippen LogP contribution in [0.4, 0.5) is 4.79 Å². The normalized spacial score (nSPS) is 9.95. The quantitative estimate of drug-likeness (QED) is 0.774. The summed E-state index contributed by atoms with van der Waals surface area (Å²) in [6.07, 6.45) is 4.73. The van der Waals surface area contributed by atoms with Gasteiger partial charge in [-0.1, -0.05) is 6.07 Å². The zero-order valence-electron chi connectivity index (χ0n) is 11.0.